The molecule has 134 valence electrons. The number of rotatable bonds is 4. The van der Waals surface area contributed by atoms with Gasteiger partial charge in [-0.2, -0.15) is 0 Å². The van der Waals surface area contributed by atoms with Gasteiger partial charge in [0, 0.05) is 11.1 Å². The van der Waals surface area contributed by atoms with Crippen molar-refractivity contribution in [2.45, 2.75) is 26.1 Å². The van der Waals surface area contributed by atoms with Gasteiger partial charge in [0.25, 0.3) is 0 Å². The molecule has 0 saturated heterocycles. The fourth-order valence-corrected chi connectivity index (χ4v) is 3.02. The summed E-state index contributed by atoms with van der Waals surface area (Å²) in [6, 6.07) is 10.7. The third kappa shape index (κ3) is 2.94. The summed E-state index contributed by atoms with van der Waals surface area (Å²) in [5.41, 5.74) is 1.52. The van der Waals surface area contributed by atoms with E-state index in [4.69, 9.17) is 18.9 Å². The van der Waals surface area contributed by atoms with E-state index in [1.54, 1.807) is 36.4 Å². The van der Waals surface area contributed by atoms with Gasteiger partial charge in [0.1, 0.15) is 11.5 Å². The first-order chi connectivity index (χ1) is 12.5. The number of carboxylic acid groups (broad SMARTS) is 1. The van der Waals surface area contributed by atoms with Gasteiger partial charge in [0.15, 0.2) is 17.6 Å². The Labute approximate surface area is 150 Å². The summed E-state index contributed by atoms with van der Waals surface area (Å²) in [5, 5.41) is 9.67. The van der Waals surface area contributed by atoms with Crippen molar-refractivity contribution in [3.05, 3.63) is 53.1 Å². The molecule has 1 atom stereocenters. The topological polar surface area (TPSA) is 74.2 Å². The van der Waals surface area contributed by atoms with Crippen LogP contribution in [0.2, 0.25) is 0 Å². The molecule has 0 fully saturated rings. The van der Waals surface area contributed by atoms with Crippen LogP contribution in [0.5, 0.6) is 23.0 Å². The van der Waals surface area contributed by atoms with Crippen LogP contribution >= 0.6 is 0 Å². The van der Waals surface area contributed by atoms with Crippen molar-refractivity contribution in [1.29, 1.82) is 0 Å². The maximum Gasteiger partial charge on any atom is 0.335 e. The van der Waals surface area contributed by atoms with Crippen molar-refractivity contribution in [3.63, 3.8) is 0 Å². The predicted molar refractivity (Wildman–Crippen MR) is 93.8 cm³/mol. The van der Waals surface area contributed by atoms with Gasteiger partial charge in [-0.1, -0.05) is 6.07 Å². The molecule has 6 heteroatoms. The molecule has 2 aliphatic heterocycles. The molecule has 2 aromatic carbocycles. The SMILES string of the molecule is CC(C)Oc1ccc2c(c1)C=C(C(=O)O)[C@@H](c1ccc3c(c1)OCO3)O2. The number of ether oxygens (including phenoxy) is 4. The largest absolute Gasteiger partial charge is 0.491 e. The highest BCUT2D eigenvalue weighted by Gasteiger charge is 2.30. The normalized spacial score (nSPS) is 17.3. The molecule has 2 aromatic rings. The van der Waals surface area contributed by atoms with Crippen LogP contribution in [0, 0.1) is 0 Å². The van der Waals surface area contributed by atoms with E-state index in [0.717, 1.165) is 0 Å². The van der Waals surface area contributed by atoms with Crippen LogP contribution in [-0.2, 0) is 4.79 Å². The van der Waals surface area contributed by atoms with Crippen LogP contribution < -0.4 is 18.9 Å². The molecule has 0 unspecified atom stereocenters. The van der Waals surface area contributed by atoms with E-state index < -0.39 is 12.1 Å². The van der Waals surface area contributed by atoms with E-state index in [1.165, 1.54) is 0 Å². The van der Waals surface area contributed by atoms with Crippen molar-refractivity contribution in [2.75, 3.05) is 6.79 Å². The zero-order valence-corrected chi connectivity index (χ0v) is 14.4. The summed E-state index contributed by atoms with van der Waals surface area (Å²) < 4.78 is 22.4. The van der Waals surface area contributed by atoms with E-state index in [0.29, 0.717) is 34.1 Å². The summed E-state index contributed by atoms with van der Waals surface area (Å²) in [5.74, 6) is 1.47. The first kappa shape index (κ1) is 16.3. The molecule has 0 saturated carbocycles. The van der Waals surface area contributed by atoms with Crippen molar-refractivity contribution >= 4 is 12.0 Å². The Morgan fingerprint density at radius 2 is 1.88 bits per heavy atom. The van der Waals surface area contributed by atoms with Gasteiger partial charge in [-0.15, -0.1) is 0 Å². The zero-order valence-electron chi connectivity index (χ0n) is 14.4. The van der Waals surface area contributed by atoms with Crippen molar-refractivity contribution in [2.24, 2.45) is 0 Å². The number of fused-ring (bicyclic) bond motifs is 2. The number of carboxylic acids is 1. The van der Waals surface area contributed by atoms with Crippen LogP contribution in [0.1, 0.15) is 31.1 Å². The number of hydrogen-bond acceptors (Lipinski definition) is 5. The summed E-state index contributed by atoms with van der Waals surface area (Å²) in [4.78, 5) is 11.8. The Kier molecular flexibility index (Phi) is 3.95. The fourth-order valence-electron chi connectivity index (χ4n) is 3.02. The van der Waals surface area contributed by atoms with E-state index >= 15 is 0 Å². The summed E-state index contributed by atoms with van der Waals surface area (Å²) in [7, 11) is 0. The number of hydrogen-bond donors (Lipinski definition) is 1. The number of carbonyl (C=O) groups is 1. The Bertz CT molecular complexity index is 899. The smallest absolute Gasteiger partial charge is 0.335 e. The molecular weight excluding hydrogens is 336 g/mol. The minimum atomic E-state index is -1.03. The molecule has 0 aromatic heterocycles. The average molecular weight is 354 g/mol. The second-order valence-electron chi connectivity index (χ2n) is 6.38. The Morgan fingerprint density at radius 1 is 1.12 bits per heavy atom. The molecule has 6 nitrogen and oxygen atoms in total. The molecule has 0 aliphatic carbocycles. The van der Waals surface area contributed by atoms with Crippen LogP contribution in [0.4, 0.5) is 0 Å². The lowest BCUT2D eigenvalue weighted by Crippen LogP contribution is -2.20. The van der Waals surface area contributed by atoms with Crippen molar-refractivity contribution in [3.8, 4) is 23.0 Å². The van der Waals surface area contributed by atoms with Gasteiger partial charge in [-0.25, -0.2) is 4.79 Å². The summed E-state index contributed by atoms with van der Waals surface area (Å²) in [6.07, 6.45) is 0.928. The van der Waals surface area contributed by atoms with E-state index in [1.807, 2.05) is 19.9 Å². The van der Waals surface area contributed by atoms with Crippen LogP contribution in [0.3, 0.4) is 0 Å². The molecule has 1 N–H and O–H groups in total. The summed E-state index contributed by atoms with van der Waals surface area (Å²) >= 11 is 0. The summed E-state index contributed by atoms with van der Waals surface area (Å²) in [6.45, 7) is 4.03. The van der Waals surface area contributed by atoms with Gasteiger partial charge in [0.05, 0.1) is 11.7 Å². The standard InChI is InChI=1S/C20H18O6/c1-11(2)25-14-4-6-16-13(7-14)8-15(20(21)22)19(26-16)12-3-5-17-18(9-12)24-10-23-17/h3-9,11,19H,10H2,1-2H3,(H,21,22)/t19-/m1/s1. The lowest BCUT2D eigenvalue weighted by atomic mass is 9.95. The molecule has 0 amide bonds. The number of benzene rings is 2. The molecule has 4 rings (SSSR count). The Morgan fingerprint density at radius 3 is 2.65 bits per heavy atom. The van der Waals surface area contributed by atoms with Crippen molar-refractivity contribution < 1.29 is 28.8 Å². The van der Waals surface area contributed by atoms with Gasteiger partial charge < -0.3 is 24.1 Å². The molecule has 26 heavy (non-hydrogen) atoms. The van der Waals surface area contributed by atoms with Gasteiger partial charge in [-0.05, 0) is 50.3 Å². The van der Waals surface area contributed by atoms with Gasteiger partial charge in [0.2, 0.25) is 6.79 Å². The highest BCUT2D eigenvalue weighted by atomic mass is 16.7. The highest BCUT2D eigenvalue weighted by Crippen LogP contribution is 2.42. The van der Waals surface area contributed by atoms with Crippen LogP contribution in [-0.4, -0.2) is 24.0 Å². The minimum Gasteiger partial charge on any atom is -0.491 e. The quantitative estimate of drug-likeness (QED) is 0.900. The van der Waals surface area contributed by atoms with Crippen molar-refractivity contribution in [1.82, 2.24) is 0 Å². The zero-order chi connectivity index (χ0) is 18.3. The fraction of sp³-hybridized carbons (Fsp3) is 0.250. The van der Waals surface area contributed by atoms with Gasteiger partial charge in [-0.3, -0.25) is 0 Å². The lowest BCUT2D eigenvalue weighted by molar-refractivity contribution is -0.133. The molecule has 2 heterocycles. The Balaban J connectivity index is 1.72. The molecular formula is C20H18O6. The predicted octanol–water partition coefficient (Wildman–Crippen LogP) is 3.80. The molecule has 0 spiro atoms. The second-order valence-corrected chi connectivity index (χ2v) is 6.38. The highest BCUT2D eigenvalue weighted by molar-refractivity contribution is 5.95. The molecule has 2 aliphatic rings. The second kappa shape index (κ2) is 6.29. The van der Waals surface area contributed by atoms with E-state index in [9.17, 15) is 9.90 Å². The first-order valence-corrected chi connectivity index (χ1v) is 8.33. The number of aliphatic carboxylic acids is 1. The molecule has 0 radical (unpaired) electrons. The van der Waals surface area contributed by atoms with Gasteiger partial charge >= 0.3 is 5.97 Å². The maximum atomic E-state index is 11.8. The monoisotopic (exact) mass is 354 g/mol. The Hall–Kier alpha value is -3.15. The first-order valence-electron chi connectivity index (χ1n) is 8.33. The average Bonchev–Trinajstić information content (AvgIpc) is 3.07. The lowest BCUT2D eigenvalue weighted by Gasteiger charge is -2.26. The third-order valence-corrected chi connectivity index (χ3v) is 4.14. The van der Waals surface area contributed by atoms with E-state index in [-0.39, 0.29) is 18.5 Å². The van der Waals surface area contributed by atoms with Crippen LogP contribution in [0.25, 0.3) is 6.08 Å². The maximum absolute atomic E-state index is 11.8. The van der Waals surface area contributed by atoms with E-state index in [2.05, 4.69) is 0 Å². The molecule has 0 bridgehead atoms. The third-order valence-electron chi connectivity index (χ3n) is 4.14. The minimum absolute atomic E-state index is 0.0295. The van der Waals surface area contributed by atoms with Crippen LogP contribution in [0.15, 0.2) is 42.0 Å².